The molecular weight excluding hydrogens is 748 g/mol. The van der Waals surface area contributed by atoms with Crippen molar-refractivity contribution in [3.8, 4) is 11.4 Å². The summed E-state index contributed by atoms with van der Waals surface area (Å²) in [6.45, 7) is 13.3. The lowest BCUT2D eigenvalue weighted by molar-refractivity contribution is -0.295. The molecule has 3 saturated heterocycles. The summed E-state index contributed by atoms with van der Waals surface area (Å²) in [4.78, 5) is 73.1. The van der Waals surface area contributed by atoms with Crippen LogP contribution in [-0.2, 0) is 44.6 Å². The number of aryl methyl sites for hydroxylation is 1. The van der Waals surface area contributed by atoms with Gasteiger partial charge in [-0.1, -0.05) is 27.7 Å². The normalized spacial score (nSPS) is 35.4. The number of rotatable bonds is 12. The molecule has 3 aliphatic rings. The first-order valence-electron chi connectivity index (χ1n) is 20.7. The number of aromatic nitrogens is 4. The van der Waals surface area contributed by atoms with E-state index < -0.39 is 77.4 Å². The molecule has 0 aliphatic carbocycles. The van der Waals surface area contributed by atoms with Crippen LogP contribution in [0.15, 0.2) is 31.1 Å². The Kier molecular flexibility index (Phi) is 14.9. The van der Waals surface area contributed by atoms with E-state index in [1.807, 2.05) is 50.5 Å². The molecule has 5 rings (SSSR count). The average molecular weight is 813 g/mol. The second kappa shape index (κ2) is 19.0. The Balaban J connectivity index is 1.42. The van der Waals surface area contributed by atoms with Crippen molar-refractivity contribution in [1.29, 1.82) is 0 Å². The number of aliphatic hydroxyl groups is 1. The first-order valence-corrected chi connectivity index (χ1v) is 20.7. The zero-order valence-corrected chi connectivity index (χ0v) is 35.8. The van der Waals surface area contributed by atoms with Crippen LogP contribution in [0.5, 0.6) is 0 Å². The number of carbonyl (C=O) groups is 4. The number of fused-ring (bicyclic) bond motifs is 1. The Bertz CT molecular complexity index is 1730. The lowest BCUT2D eigenvalue weighted by Gasteiger charge is -2.47. The molecule has 3 fully saturated rings. The fourth-order valence-electron chi connectivity index (χ4n) is 9.10. The van der Waals surface area contributed by atoms with E-state index in [-0.39, 0.29) is 43.6 Å². The molecule has 0 saturated carbocycles. The van der Waals surface area contributed by atoms with Crippen molar-refractivity contribution in [2.45, 2.75) is 154 Å². The summed E-state index contributed by atoms with van der Waals surface area (Å²) in [5, 5.41) is 11.4. The zero-order valence-electron chi connectivity index (χ0n) is 35.8. The van der Waals surface area contributed by atoms with Crippen LogP contribution in [0.1, 0.15) is 93.4 Å². The Labute approximate surface area is 342 Å². The smallest absolute Gasteiger partial charge is 0.410 e. The molecule has 2 aromatic heterocycles. The maximum Gasteiger partial charge on any atom is 0.410 e. The maximum absolute atomic E-state index is 14.5. The number of Topliss-reactive ketones (excluding diaryl/α,β-unsaturated/α-hetero) is 2. The summed E-state index contributed by atoms with van der Waals surface area (Å²) < 4.78 is 33.2. The Morgan fingerprint density at radius 1 is 1.02 bits per heavy atom. The third-order valence-corrected chi connectivity index (χ3v) is 12.7. The van der Waals surface area contributed by atoms with E-state index in [0.29, 0.717) is 43.7 Å². The number of unbranched alkanes of at least 4 members (excludes halogenated alkanes) is 1. The number of cyclic esters (lactones) is 1. The number of hydrogen-bond acceptors (Lipinski definition) is 14. The van der Waals surface area contributed by atoms with Gasteiger partial charge in [-0.15, -0.1) is 0 Å². The van der Waals surface area contributed by atoms with Gasteiger partial charge in [-0.3, -0.25) is 24.4 Å². The molecule has 1 N–H and O–H groups in total. The van der Waals surface area contributed by atoms with E-state index in [9.17, 15) is 24.3 Å². The van der Waals surface area contributed by atoms with Crippen LogP contribution < -0.4 is 0 Å². The summed E-state index contributed by atoms with van der Waals surface area (Å²) in [6.07, 6.45) is 6.02. The van der Waals surface area contributed by atoms with E-state index in [1.54, 1.807) is 50.6 Å². The molecule has 58 heavy (non-hydrogen) atoms. The highest BCUT2D eigenvalue weighted by Gasteiger charge is 2.59. The van der Waals surface area contributed by atoms with E-state index >= 15 is 0 Å². The minimum Gasteiger partial charge on any atom is -0.457 e. The molecule has 0 spiro atoms. The largest absolute Gasteiger partial charge is 0.457 e. The lowest BCUT2D eigenvalue weighted by Crippen LogP contribution is -2.59. The van der Waals surface area contributed by atoms with Gasteiger partial charge in [0.1, 0.15) is 35.3 Å². The minimum absolute atomic E-state index is 0.0559. The van der Waals surface area contributed by atoms with Crippen molar-refractivity contribution in [2.75, 3.05) is 27.7 Å². The molecule has 1 amide bonds. The highest BCUT2D eigenvalue weighted by Crippen LogP contribution is 2.43. The fourth-order valence-corrected chi connectivity index (χ4v) is 9.10. The van der Waals surface area contributed by atoms with Crippen LogP contribution in [0.4, 0.5) is 4.79 Å². The maximum atomic E-state index is 14.5. The summed E-state index contributed by atoms with van der Waals surface area (Å²) in [6, 6.07) is -1.03. The number of ketones is 2. The Morgan fingerprint density at radius 2 is 1.74 bits per heavy atom. The number of methoxy groups -OCH3 is 1. The van der Waals surface area contributed by atoms with Gasteiger partial charge in [-0.25, -0.2) is 9.78 Å². The van der Waals surface area contributed by atoms with E-state index in [4.69, 9.17) is 23.7 Å². The van der Waals surface area contributed by atoms with Crippen LogP contribution in [-0.4, -0.2) is 140 Å². The number of amides is 1. The molecule has 16 nitrogen and oxygen atoms in total. The number of carbonyl (C=O) groups excluding carboxylic acids is 4. The number of hydrogen-bond donors (Lipinski definition) is 1. The highest BCUT2D eigenvalue weighted by molar-refractivity contribution is 6.00. The molecule has 2 aromatic rings. The van der Waals surface area contributed by atoms with E-state index in [0.717, 1.165) is 0 Å². The van der Waals surface area contributed by atoms with Gasteiger partial charge in [-0.2, -0.15) is 0 Å². The number of aliphatic hydroxyl groups excluding tert-OH is 1. The second-order valence-corrected chi connectivity index (χ2v) is 16.8. The standard InChI is InChI=1S/C42H64N6O10/c1-11-34-42(12-2)33(48(40(53)58-42)18-14-13-17-47-23-30(45-24-47)29-22-43-15-16-44-29)20-32(49)25(3)21-41(7,54-10)37(27(5)35(50)28(6)38(52)56-34)57-39-36(51)31(46(8)9)19-26(4)55-39/h15-16,22-28,31,33-34,36-37,39,51H,11-14,17-21H2,1-10H3/t25-,26-,27+,28-,31+,33-,34-,36-,37-,39?,41-,42+/m1/s1. The predicted molar refractivity (Wildman–Crippen MR) is 212 cm³/mol. The van der Waals surface area contributed by atoms with Crippen LogP contribution in [0.2, 0.25) is 0 Å². The van der Waals surface area contributed by atoms with Gasteiger partial charge < -0.3 is 43.2 Å². The van der Waals surface area contributed by atoms with Crippen LogP contribution in [0, 0.1) is 17.8 Å². The van der Waals surface area contributed by atoms with Crippen molar-refractivity contribution in [3.63, 3.8) is 0 Å². The monoisotopic (exact) mass is 812 g/mol. The van der Waals surface area contributed by atoms with Crippen molar-refractivity contribution < 1.29 is 48.0 Å². The molecule has 3 aliphatic heterocycles. The summed E-state index contributed by atoms with van der Waals surface area (Å²) >= 11 is 0. The van der Waals surface area contributed by atoms with Crippen LogP contribution in [0.3, 0.4) is 0 Å². The molecular formula is C42H64N6O10. The number of imidazole rings is 1. The van der Waals surface area contributed by atoms with E-state index in [2.05, 4.69) is 15.0 Å². The first-order chi connectivity index (χ1) is 27.5. The Morgan fingerprint density at radius 3 is 2.38 bits per heavy atom. The van der Waals surface area contributed by atoms with Gasteiger partial charge in [0.25, 0.3) is 0 Å². The molecule has 16 heteroatoms. The second-order valence-electron chi connectivity index (χ2n) is 16.8. The van der Waals surface area contributed by atoms with Gasteiger partial charge in [-0.05, 0) is 73.4 Å². The summed E-state index contributed by atoms with van der Waals surface area (Å²) in [7, 11) is 5.24. The molecule has 5 heterocycles. The summed E-state index contributed by atoms with van der Waals surface area (Å²) in [5.74, 6) is -4.16. The molecule has 0 bridgehead atoms. The summed E-state index contributed by atoms with van der Waals surface area (Å²) in [5.41, 5.74) is -1.22. The van der Waals surface area contributed by atoms with Gasteiger partial charge in [0.2, 0.25) is 0 Å². The van der Waals surface area contributed by atoms with E-state index in [1.165, 1.54) is 14.0 Å². The fraction of sp³-hybridized carbons (Fsp3) is 0.738. The van der Waals surface area contributed by atoms with Crippen molar-refractivity contribution >= 4 is 23.6 Å². The number of ether oxygens (including phenoxy) is 5. The average Bonchev–Trinajstić information content (AvgIpc) is 3.79. The van der Waals surface area contributed by atoms with Gasteiger partial charge >= 0.3 is 12.1 Å². The number of nitrogens with zero attached hydrogens (tertiary/aromatic N) is 6. The Hall–Kier alpha value is -3.83. The van der Waals surface area contributed by atoms with Crippen LogP contribution in [0.25, 0.3) is 11.4 Å². The molecule has 322 valence electrons. The third-order valence-electron chi connectivity index (χ3n) is 12.7. The lowest BCUT2D eigenvalue weighted by atomic mass is 9.75. The SMILES string of the molecule is CC[C@H]1OC(=O)[C@H](C)C(=O)[C@H](C)[C@@H](OC2O[C@H](C)C[C@H](N(C)C)[C@H]2O)[C@](C)(OC)C[C@@H](C)C(=O)C[C@H]2N(CCCCn3cnc(-c4cnccn4)c3)C(=O)O[C@]12CC. The quantitative estimate of drug-likeness (QED) is 0.180. The molecule has 1 unspecified atom stereocenters. The number of likely N-dealkylation sites (N-methyl/N-ethyl adjacent to an activating group) is 1. The van der Waals surface area contributed by atoms with Gasteiger partial charge in [0.05, 0.1) is 36.4 Å². The van der Waals surface area contributed by atoms with Gasteiger partial charge in [0, 0.05) is 63.1 Å². The van der Waals surface area contributed by atoms with Crippen molar-refractivity contribution in [2.24, 2.45) is 17.8 Å². The number of esters is 1. The third kappa shape index (κ3) is 9.46. The minimum atomic E-state index is -1.34. The topological polar surface area (TPSA) is 185 Å². The molecule has 0 aromatic carbocycles. The predicted octanol–water partition coefficient (Wildman–Crippen LogP) is 4.47. The molecule has 0 radical (unpaired) electrons. The highest BCUT2D eigenvalue weighted by atomic mass is 16.7. The van der Waals surface area contributed by atoms with Gasteiger partial charge in [0.15, 0.2) is 17.7 Å². The van der Waals surface area contributed by atoms with Crippen molar-refractivity contribution in [1.82, 2.24) is 29.3 Å². The molecule has 12 atom stereocenters. The van der Waals surface area contributed by atoms with Crippen LogP contribution >= 0.6 is 0 Å². The van der Waals surface area contributed by atoms with Crippen molar-refractivity contribution in [3.05, 3.63) is 31.1 Å². The zero-order chi connectivity index (χ0) is 42.5. The first kappa shape index (κ1) is 45.3.